The van der Waals surface area contributed by atoms with E-state index in [1.807, 2.05) is 0 Å². The maximum Gasteiger partial charge on any atom is 0.160 e. The number of aliphatic imine (C=N–C) groups is 2. The summed E-state index contributed by atoms with van der Waals surface area (Å²) >= 11 is 1.80. The van der Waals surface area contributed by atoms with E-state index in [1.54, 1.807) is 11.3 Å². The summed E-state index contributed by atoms with van der Waals surface area (Å²) in [6, 6.07) is 62.8. The summed E-state index contributed by atoms with van der Waals surface area (Å²) in [4.78, 5) is 10.9. The molecule has 0 saturated heterocycles. The predicted octanol–water partition coefficient (Wildman–Crippen LogP) is 13.6. The molecule has 9 aromatic carbocycles. The largest absolute Gasteiger partial charge is 0.456 e. The number of nitrogens with one attached hydrogen (secondary N) is 1. The van der Waals surface area contributed by atoms with Crippen LogP contribution in [0.2, 0.25) is 0 Å². The Bertz CT molecular complexity index is 3480. The molecule has 2 aromatic heterocycles. The topological polar surface area (TPSA) is 49.9 Å². The summed E-state index contributed by atoms with van der Waals surface area (Å²) < 4.78 is 9.24. The fourth-order valence-electron chi connectivity index (χ4n) is 8.51. The second kappa shape index (κ2) is 12.2. The van der Waals surface area contributed by atoms with Crippen LogP contribution in [0.4, 0.5) is 0 Å². The third-order valence-corrected chi connectivity index (χ3v) is 12.5. The molecule has 0 aliphatic carbocycles. The third kappa shape index (κ3) is 4.98. The molecule has 3 heterocycles. The third-order valence-electron chi connectivity index (χ3n) is 11.3. The summed E-state index contributed by atoms with van der Waals surface area (Å²) in [7, 11) is 0. The molecule has 0 radical (unpaired) electrons. The maximum atomic E-state index is 6.80. The molecule has 0 saturated carbocycles. The quantitative estimate of drug-likeness (QED) is 0.196. The molecule has 1 atom stereocenters. The molecule has 12 rings (SSSR count). The average molecular weight is 734 g/mol. The second-order valence-electron chi connectivity index (χ2n) is 14.6. The van der Waals surface area contributed by atoms with Crippen LogP contribution in [0.15, 0.2) is 190 Å². The van der Waals surface area contributed by atoms with Crippen molar-refractivity contribution in [2.24, 2.45) is 9.98 Å². The molecule has 56 heavy (non-hydrogen) atoms. The average Bonchev–Trinajstić information content (AvgIpc) is 3.82. The van der Waals surface area contributed by atoms with E-state index in [2.05, 4.69) is 181 Å². The predicted molar refractivity (Wildman–Crippen MR) is 236 cm³/mol. The SMILES string of the molecule is c1ccc2cc(C3=NC(c4cccc5c4sc4ccccc45)=NC(c4cc(-c5ccc6ccccc6c5)cc5oc6cc7ccccc7cc6c45)N3)ccc2c1. The number of thiophene rings is 1. The number of hydrogen-bond acceptors (Lipinski definition) is 5. The van der Waals surface area contributed by atoms with Crippen LogP contribution in [0, 0.1) is 0 Å². The summed E-state index contributed by atoms with van der Waals surface area (Å²) in [5, 5.41) is 15.5. The molecular formula is C51H31N3OS. The number of fused-ring (bicyclic) bond motifs is 9. The van der Waals surface area contributed by atoms with Gasteiger partial charge in [-0.05, 0) is 92.0 Å². The van der Waals surface area contributed by atoms with Crippen molar-refractivity contribution in [1.29, 1.82) is 0 Å². The molecule has 1 aliphatic heterocycles. The van der Waals surface area contributed by atoms with Crippen LogP contribution in [0.25, 0.3) is 85.6 Å². The lowest BCUT2D eigenvalue weighted by atomic mass is 9.95. The lowest BCUT2D eigenvalue weighted by molar-refractivity contribution is 0.663. The van der Waals surface area contributed by atoms with E-state index in [1.165, 1.54) is 41.7 Å². The Morgan fingerprint density at radius 3 is 1.91 bits per heavy atom. The Balaban J connectivity index is 1.13. The van der Waals surface area contributed by atoms with Gasteiger partial charge in [0.2, 0.25) is 0 Å². The van der Waals surface area contributed by atoms with Gasteiger partial charge in [-0.15, -0.1) is 11.3 Å². The zero-order valence-corrected chi connectivity index (χ0v) is 30.8. The standard InChI is InChI=1S/C51H31N3OS/c1-3-12-32-24-36(22-20-30(32)10-1)38-27-43(47-42-26-34-14-5-6-15-35(34)28-44(42)55-45(47)29-38)51-53-49(37-23-21-31-11-2-4-13-33(31)25-37)52-50(54-51)41-18-9-17-40-39-16-7-8-19-46(39)56-48(40)41/h1-29,51H,(H,52,53,54). The zero-order valence-electron chi connectivity index (χ0n) is 30.0. The van der Waals surface area contributed by atoms with Crippen LogP contribution >= 0.6 is 11.3 Å². The first-order valence-corrected chi connectivity index (χ1v) is 19.7. The number of amidine groups is 2. The maximum absolute atomic E-state index is 6.80. The van der Waals surface area contributed by atoms with Gasteiger partial charge in [-0.3, -0.25) is 0 Å². The molecular weight excluding hydrogens is 703 g/mol. The molecule has 1 aliphatic rings. The summed E-state index contributed by atoms with van der Waals surface area (Å²) in [5.41, 5.74) is 6.95. The van der Waals surface area contributed by atoms with Gasteiger partial charge in [0.05, 0.1) is 0 Å². The highest BCUT2D eigenvalue weighted by Gasteiger charge is 2.27. The number of rotatable bonds is 4. The van der Waals surface area contributed by atoms with Gasteiger partial charge in [0.25, 0.3) is 0 Å². The minimum atomic E-state index is -0.469. The summed E-state index contributed by atoms with van der Waals surface area (Å²) in [5.74, 6) is 1.49. The van der Waals surface area contributed by atoms with E-state index >= 15 is 0 Å². The number of benzene rings is 9. The molecule has 262 valence electrons. The van der Waals surface area contributed by atoms with Crippen molar-refractivity contribution in [3.8, 4) is 11.1 Å². The first-order valence-electron chi connectivity index (χ1n) is 18.9. The lowest BCUT2D eigenvalue weighted by Gasteiger charge is -2.25. The second-order valence-corrected chi connectivity index (χ2v) is 15.7. The molecule has 4 nitrogen and oxygen atoms in total. The molecule has 1 unspecified atom stereocenters. The van der Waals surface area contributed by atoms with E-state index in [0.717, 1.165) is 66.4 Å². The Kier molecular flexibility index (Phi) is 6.83. The summed E-state index contributed by atoms with van der Waals surface area (Å²) in [6.45, 7) is 0. The molecule has 1 N–H and O–H groups in total. The monoisotopic (exact) mass is 733 g/mol. The fraction of sp³-hybridized carbons (Fsp3) is 0.0196. The van der Waals surface area contributed by atoms with Gasteiger partial charge in [-0.1, -0.05) is 127 Å². The highest BCUT2D eigenvalue weighted by atomic mass is 32.1. The van der Waals surface area contributed by atoms with Gasteiger partial charge < -0.3 is 9.73 Å². The van der Waals surface area contributed by atoms with Crippen molar-refractivity contribution < 1.29 is 4.42 Å². The highest BCUT2D eigenvalue weighted by Crippen LogP contribution is 2.42. The van der Waals surface area contributed by atoms with E-state index in [4.69, 9.17) is 14.4 Å². The van der Waals surface area contributed by atoms with Crippen LogP contribution < -0.4 is 5.32 Å². The molecule has 11 aromatic rings. The Morgan fingerprint density at radius 2 is 1.12 bits per heavy atom. The van der Waals surface area contributed by atoms with E-state index in [0.29, 0.717) is 5.84 Å². The van der Waals surface area contributed by atoms with Crippen molar-refractivity contribution in [3.05, 3.63) is 193 Å². The van der Waals surface area contributed by atoms with Gasteiger partial charge in [-0.2, -0.15) is 0 Å². The molecule has 0 fully saturated rings. The van der Waals surface area contributed by atoms with Gasteiger partial charge in [0.15, 0.2) is 5.84 Å². The zero-order chi connectivity index (χ0) is 36.7. The first-order chi connectivity index (χ1) is 27.7. The van der Waals surface area contributed by atoms with E-state index in [9.17, 15) is 0 Å². The van der Waals surface area contributed by atoms with Crippen molar-refractivity contribution in [2.75, 3.05) is 0 Å². The summed E-state index contributed by atoms with van der Waals surface area (Å²) in [6.07, 6.45) is -0.469. The van der Waals surface area contributed by atoms with Crippen molar-refractivity contribution >= 4 is 97.4 Å². The van der Waals surface area contributed by atoms with Crippen molar-refractivity contribution in [2.45, 2.75) is 6.17 Å². The van der Waals surface area contributed by atoms with Gasteiger partial charge in [0.1, 0.15) is 23.2 Å². The number of nitrogens with zero attached hydrogens (tertiary/aromatic N) is 2. The van der Waals surface area contributed by atoms with Crippen LogP contribution in [0.1, 0.15) is 22.9 Å². The van der Waals surface area contributed by atoms with Crippen LogP contribution in [-0.2, 0) is 0 Å². The van der Waals surface area contributed by atoms with E-state index < -0.39 is 6.17 Å². The molecule has 0 bridgehead atoms. The lowest BCUT2D eigenvalue weighted by Crippen LogP contribution is -2.33. The number of furan rings is 1. The highest BCUT2D eigenvalue weighted by molar-refractivity contribution is 7.26. The number of hydrogen-bond donors (Lipinski definition) is 1. The van der Waals surface area contributed by atoms with Crippen molar-refractivity contribution in [1.82, 2.24) is 5.32 Å². The smallest absolute Gasteiger partial charge is 0.160 e. The van der Waals surface area contributed by atoms with Crippen LogP contribution in [0.3, 0.4) is 0 Å². The Hall–Kier alpha value is -7.08. The van der Waals surface area contributed by atoms with Crippen molar-refractivity contribution in [3.63, 3.8) is 0 Å². The minimum Gasteiger partial charge on any atom is -0.456 e. The van der Waals surface area contributed by atoms with E-state index in [-0.39, 0.29) is 0 Å². The molecule has 0 amide bonds. The van der Waals surface area contributed by atoms with Gasteiger partial charge in [0, 0.05) is 47.6 Å². The van der Waals surface area contributed by atoms with Crippen LogP contribution in [-0.4, -0.2) is 11.7 Å². The molecule has 0 spiro atoms. The molecule has 5 heteroatoms. The fourth-order valence-corrected chi connectivity index (χ4v) is 9.72. The first kappa shape index (κ1) is 31.3. The van der Waals surface area contributed by atoms with Crippen LogP contribution in [0.5, 0.6) is 0 Å². The Labute approximate surface area is 325 Å². The van der Waals surface area contributed by atoms with Gasteiger partial charge in [-0.25, -0.2) is 9.98 Å². The van der Waals surface area contributed by atoms with Gasteiger partial charge >= 0.3 is 0 Å². The normalized spacial score (nSPS) is 14.6. The Morgan fingerprint density at radius 1 is 0.482 bits per heavy atom. The minimum absolute atomic E-state index is 0.469.